The first-order valence-electron chi connectivity index (χ1n) is 12.9. The molecule has 188 valence electrons. The van der Waals surface area contributed by atoms with Crippen LogP contribution < -0.4 is 5.32 Å². The van der Waals surface area contributed by atoms with Crippen LogP contribution in [0.2, 0.25) is 0 Å². The van der Waals surface area contributed by atoms with Crippen molar-refractivity contribution in [2.24, 2.45) is 0 Å². The van der Waals surface area contributed by atoms with Gasteiger partial charge in [-0.05, 0) is 63.4 Å². The van der Waals surface area contributed by atoms with Gasteiger partial charge in [-0.3, -0.25) is 0 Å². The zero-order valence-electron chi connectivity index (χ0n) is 21.2. The van der Waals surface area contributed by atoms with E-state index in [4.69, 9.17) is 0 Å². The Kier molecular flexibility index (Phi) is 7.02. The molecule has 1 aliphatic rings. The van der Waals surface area contributed by atoms with Gasteiger partial charge < -0.3 is 9.88 Å². The van der Waals surface area contributed by atoms with Crippen molar-refractivity contribution in [1.29, 1.82) is 0 Å². The van der Waals surface area contributed by atoms with Crippen molar-refractivity contribution in [2.75, 3.05) is 6.54 Å². The number of fused-ring (bicyclic) bond motifs is 1. The monoisotopic (exact) mass is 501 g/mol. The molecule has 5 rings (SSSR count). The predicted molar refractivity (Wildman–Crippen MR) is 147 cm³/mol. The molecule has 3 aromatic carbocycles. The average Bonchev–Trinajstić information content (AvgIpc) is 3.56. The van der Waals surface area contributed by atoms with Gasteiger partial charge in [-0.15, -0.1) is 0 Å². The molecule has 0 bridgehead atoms. The fraction of sp³-hybridized carbons (Fsp3) is 0.333. The van der Waals surface area contributed by atoms with Crippen molar-refractivity contribution in [3.63, 3.8) is 0 Å². The quantitative estimate of drug-likeness (QED) is 0.315. The van der Waals surface area contributed by atoms with Crippen LogP contribution in [-0.2, 0) is 10.0 Å². The van der Waals surface area contributed by atoms with E-state index in [2.05, 4.69) is 16.8 Å². The fourth-order valence-electron chi connectivity index (χ4n) is 5.65. The summed E-state index contributed by atoms with van der Waals surface area (Å²) in [5, 5.41) is 4.89. The second kappa shape index (κ2) is 10.2. The van der Waals surface area contributed by atoms with E-state index in [0.29, 0.717) is 5.03 Å². The van der Waals surface area contributed by atoms with E-state index < -0.39 is 16.1 Å². The van der Waals surface area contributed by atoms with Crippen molar-refractivity contribution in [3.05, 3.63) is 102 Å². The number of hydrogen-bond acceptors (Lipinski definition) is 3. The van der Waals surface area contributed by atoms with E-state index in [0.717, 1.165) is 41.4 Å². The lowest BCUT2D eigenvalue weighted by atomic mass is 9.98. The summed E-state index contributed by atoms with van der Waals surface area (Å²) in [6, 6.07) is 29.3. The van der Waals surface area contributed by atoms with Gasteiger partial charge in [-0.25, -0.2) is 8.42 Å². The summed E-state index contributed by atoms with van der Waals surface area (Å²) >= 11 is 0. The average molecular weight is 502 g/mol. The van der Waals surface area contributed by atoms with Gasteiger partial charge in [0.1, 0.15) is 0 Å². The third-order valence-electron chi connectivity index (χ3n) is 7.34. The molecule has 1 N–H and O–H groups in total. The van der Waals surface area contributed by atoms with Gasteiger partial charge in [0.05, 0.1) is 6.04 Å². The summed E-state index contributed by atoms with van der Waals surface area (Å²) in [5.41, 5.74) is 2.86. The summed E-state index contributed by atoms with van der Waals surface area (Å²) in [7, 11) is -3.89. The highest BCUT2D eigenvalue weighted by molar-refractivity contribution is 7.89. The van der Waals surface area contributed by atoms with Gasteiger partial charge in [0.2, 0.25) is 0 Å². The molecule has 5 nitrogen and oxygen atoms in total. The highest BCUT2D eigenvalue weighted by Gasteiger charge is 2.39. The maximum absolute atomic E-state index is 14.8. The van der Waals surface area contributed by atoms with Crippen LogP contribution in [0.15, 0.2) is 96.0 Å². The smallest absolute Gasteiger partial charge is 0.259 e. The summed E-state index contributed by atoms with van der Waals surface area (Å²) in [4.78, 5) is 0. The molecule has 1 aromatic heterocycles. The van der Waals surface area contributed by atoms with Crippen LogP contribution in [0.1, 0.15) is 56.8 Å². The Bertz CT molecular complexity index is 1370. The van der Waals surface area contributed by atoms with Gasteiger partial charge in [-0.1, -0.05) is 78.9 Å². The lowest BCUT2D eigenvalue weighted by Crippen LogP contribution is -2.42. The third kappa shape index (κ3) is 4.49. The summed E-state index contributed by atoms with van der Waals surface area (Å²) in [6.07, 6.45) is 2.15. The first-order chi connectivity index (χ1) is 17.4. The van der Waals surface area contributed by atoms with E-state index in [1.165, 1.54) is 0 Å². The van der Waals surface area contributed by atoms with Gasteiger partial charge in [0, 0.05) is 29.0 Å². The van der Waals surface area contributed by atoms with Crippen LogP contribution in [0.3, 0.4) is 0 Å². The van der Waals surface area contributed by atoms with Gasteiger partial charge in [0.25, 0.3) is 10.0 Å². The Hall–Kier alpha value is -2.93. The van der Waals surface area contributed by atoms with Crippen LogP contribution in [0, 0.1) is 0 Å². The fourth-order valence-corrected chi connectivity index (χ4v) is 7.73. The Morgan fingerprint density at radius 2 is 1.44 bits per heavy atom. The second-order valence-corrected chi connectivity index (χ2v) is 11.8. The standard InChI is InChI=1S/C30H35N3O2S/c1-22(2)33(30(24-13-6-4-7-14-24)25-15-8-5-9-16-25)36(34,35)29-21-26-17-10-11-19-28(26)32(29)23(3)27-18-12-20-31-27/h4-11,13-17,19,21-23,27,30-31H,12,18,20H2,1-3H3. The number of para-hydroxylation sites is 1. The first kappa shape index (κ1) is 24.8. The van der Waals surface area contributed by atoms with Crippen molar-refractivity contribution < 1.29 is 8.42 Å². The maximum Gasteiger partial charge on any atom is 0.259 e. The molecule has 4 aromatic rings. The lowest BCUT2D eigenvalue weighted by molar-refractivity contribution is 0.301. The maximum atomic E-state index is 14.8. The molecule has 2 atom stereocenters. The van der Waals surface area contributed by atoms with Crippen molar-refractivity contribution in [1.82, 2.24) is 14.2 Å². The summed E-state index contributed by atoms with van der Waals surface area (Å²) < 4.78 is 33.3. The molecule has 1 saturated heterocycles. The summed E-state index contributed by atoms with van der Waals surface area (Å²) in [6.45, 7) is 7.04. The van der Waals surface area contributed by atoms with Crippen molar-refractivity contribution in [3.8, 4) is 0 Å². The summed E-state index contributed by atoms with van der Waals surface area (Å²) in [5.74, 6) is 0. The first-order valence-corrected chi connectivity index (χ1v) is 14.3. The van der Waals surface area contributed by atoms with Crippen molar-refractivity contribution in [2.45, 2.75) is 62.8 Å². The van der Waals surface area contributed by atoms with Crippen LogP contribution in [0.4, 0.5) is 0 Å². The zero-order valence-corrected chi connectivity index (χ0v) is 22.0. The molecule has 2 heterocycles. The molecular weight excluding hydrogens is 466 g/mol. The minimum absolute atomic E-state index is 0.00177. The van der Waals surface area contributed by atoms with E-state index >= 15 is 0 Å². The molecule has 0 radical (unpaired) electrons. The third-order valence-corrected chi connectivity index (χ3v) is 9.37. The van der Waals surface area contributed by atoms with Crippen molar-refractivity contribution >= 4 is 20.9 Å². The number of sulfonamides is 1. The SMILES string of the molecule is CC(C)N(C(c1ccccc1)c1ccccc1)S(=O)(=O)c1cc2ccccc2n1C(C)C1CCCN1. The largest absolute Gasteiger partial charge is 0.326 e. The number of aromatic nitrogens is 1. The molecule has 0 saturated carbocycles. The minimum atomic E-state index is -3.89. The molecule has 6 heteroatoms. The molecular formula is C30H35N3O2S. The van der Waals surface area contributed by atoms with E-state index in [9.17, 15) is 8.42 Å². The molecule has 2 unspecified atom stereocenters. The van der Waals surface area contributed by atoms with Crippen LogP contribution >= 0.6 is 0 Å². The zero-order chi connectivity index (χ0) is 25.3. The van der Waals surface area contributed by atoms with E-state index in [1.807, 2.05) is 105 Å². The molecule has 1 aliphatic heterocycles. The topological polar surface area (TPSA) is 54.3 Å². The number of hydrogen-bond donors (Lipinski definition) is 1. The Labute approximate surface area is 214 Å². The Balaban J connectivity index is 1.72. The lowest BCUT2D eigenvalue weighted by Gasteiger charge is -2.35. The number of rotatable bonds is 8. The molecule has 0 aliphatic carbocycles. The van der Waals surface area contributed by atoms with Gasteiger partial charge in [-0.2, -0.15) is 4.31 Å². The van der Waals surface area contributed by atoms with Gasteiger partial charge in [0.15, 0.2) is 5.03 Å². The number of nitrogens with zero attached hydrogens (tertiary/aromatic N) is 2. The number of nitrogens with one attached hydrogen (secondary N) is 1. The Morgan fingerprint density at radius 3 is 2.00 bits per heavy atom. The molecule has 0 spiro atoms. The van der Waals surface area contributed by atoms with Gasteiger partial charge >= 0.3 is 0 Å². The molecule has 1 fully saturated rings. The number of benzene rings is 3. The predicted octanol–water partition coefficient (Wildman–Crippen LogP) is 6.14. The molecule has 0 amide bonds. The normalized spacial score (nSPS) is 17.4. The van der Waals surface area contributed by atoms with Crippen LogP contribution in [0.25, 0.3) is 10.9 Å². The molecule has 36 heavy (non-hydrogen) atoms. The van der Waals surface area contributed by atoms with E-state index in [-0.39, 0.29) is 18.1 Å². The second-order valence-electron chi connectivity index (χ2n) is 10.0. The minimum Gasteiger partial charge on any atom is -0.326 e. The van der Waals surface area contributed by atoms with E-state index in [1.54, 1.807) is 4.31 Å². The highest BCUT2D eigenvalue weighted by atomic mass is 32.2. The van der Waals surface area contributed by atoms with Crippen LogP contribution in [0.5, 0.6) is 0 Å². The Morgan fingerprint density at radius 1 is 0.861 bits per heavy atom. The van der Waals surface area contributed by atoms with Crippen LogP contribution in [-0.4, -0.2) is 35.9 Å². The highest BCUT2D eigenvalue weighted by Crippen LogP contribution is 2.38.